The first-order valence-electron chi connectivity index (χ1n) is 22.8. The van der Waals surface area contributed by atoms with E-state index in [-0.39, 0.29) is 31.1 Å². The molecule has 0 amide bonds. The summed E-state index contributed by atoms with van der Waals surface area (Å²) in [5, 5.41) is 0. The van der Waals surface area contributed by atoms with E-state index in [9.17, 15) is 14.4 Å². The first-order chi connectivity index (χ1) is 27.0. The van der Waals surface area contributed by atoms with Gasteiger partial charge in [-0.2, -0.15) is 0 Å². The van der Waals surface area contributed by atoms with E-state index in [1.807, 2.05) is 0 Å². The predicted octanol–water partition coefficient (Wildman–Crippen LogP) is 14.5. The zero-order valence-corrected chi connectivity index (χ0v) is 35.9. The second kappa shape index (κ2) is 43.8. The Kier molecular flexibility index (Phi) is 41.5. The van der Waals surface area contributed by atoms with Gasteiger partial charge in [0.05, 0.1) is 0 Å². The van der Waals surface area contributed by atoms with E-state index in [0.29, 0.717) is 19.3 Å². The number of hydrogen-bond donors (Lipinski definition) is 0. The smallest absolute Gasteiger partial charge is 0.306 e. The summed E-state index contributed by atoms with van der Waals surface area (Å²) in [6.07, 6.45) is 52.1. The highest BCUT2D eigenvalue weighted by Gasteiger charge is 2.19. The Hall–Kier alpha value is -2.89. The lowest BCUT2D eigenvalue weighted by Crippen LogP contribution is -2.30. The number of rotatable bonds is 40. The number of ether oxygens (including phenoxy) is 3. The normalized spacial score (nSPS) is 12.6. The SMILES string of the molecule is CC/C=C\C/C=C\C/C=C\C/C=C\C/C=C\CCCCCC(=O)OCC(COC(=O)CCCCCCCCC)OC(=O)CCCCCCCCCCCCC. The zero-order chi connectivity index (χ0) is 40.1. The first kappa shape index (κ1) is 52.1. The average Bonchev–Trinajstić information content (AvgIpc) is 3.18. The van der Waals surface area contributed by atoms with Gasteiger partial charge in [-0.3, -0.25) is 14.4 Å². The van der Waals surface area contributed by atoms with Gasteiger partial charge in [-0.05, 0) is 64.2 Å². The van der Waals surface area contributed by atoms with Crippen molar-refractivity contribution in [2.75, 3.05) is 13.2 Å². The fourth-order valence-electron chi connectivity index (χ4n) is 6.11. The van der Waals surface area contributed by atoms with Crippen molar-refractivity contribution in [2.45, 2.75) is 219 Å². The standard InChI is InChI=1S/C49H84O6/c1-4-7-10-13-16-18-20-21-22-23-24-25-26-27-29-30-33-36-39-42-48(51)54-45-46(44-53-47(50)41-38-35-32-15-12-9-6-3)55-49(52)43-40-37-34-31-28-19-17-14-11-8-5-2/h7,10,16,18,21-22,24-25,27,29,46H,4-6,8-9,11-15,17,19-20,23,26,28,30-45H2,1-3H3/b10-7-,18-16-,22-21-,25-24-,29-27-. The molecule has 0 fully saturated rings. The maximum atomic E-state index is 12.7. The molecule has 0 saturated heterocycles. The molecule has 0 aliphatic carbocycles. The van der Waals surface area contributed by atoms with Gasteiger partial charge in [-0.25, -0.2) is 0 Å². The molecule has 0 spiro atoms. The third-order valence-corrected chi connectivity index (χ3v) is 9.54. The third kappa shape index (κ3) is 42.1. The highest BCUT2D eigenvalue weighted by molar-refractivity contribution is 5.71. The summed E-state index contributed by atoms with van der Waals surface area (Å²) in [4.78, 5) is 37.6. The fourth-order valence-corrected chi connectivity index (χ4v) is 6.11. The van der Waals surface area contributed by atoms with Gasteiger partial charge in [-0.1, -0.05) is 191 Å². The lowest BCUT2D eigenvalue weighted by atomic mass is 10.1. The topological polar surface area (TPSA) is 78.9 Å². The Morgan fingerprint density at radius 2 is 0.709 bits per heavy atom. The van der Waals surface area contributed by atoms with Crippen molar-refractivity contribution in [1.29, 1.82) is 0 Å². The molecular formula is C49H84O6. The van der Waals surface area contributed by atoms with Gasteiger partial charge >= 0.3 is 17.9 Å². The van der Waals surface area contributed by atoms with E-state index in [4.69, 9.17) is 14.2 Å². The Balaban J connectivity index is 4.34. The average molecular weight is 769 g/mol. The van der Waals surface area contributed by atoms with Crippen molar-refractivity contribution in [3.63, 3.8) is 0 Å². The van der Waals surface area contributed by atoms with E-state index in [1.54, 1.807) is 0 Å². The number of esters is 3. The van der Waals surface area contributed by atoms with Crippen LogP contribution in [0.4, 0.5) is 0 Å². The molecule has 0 N–H and O–H groups in total. The maximum absolute atomic E-state index is 12.7. The minimum atomic E-state index is -0.780. The third-order valence-electron chi connectivity index (χ3n) is 9.54. The van der Waals surface area contributed by atoms with E-state index in [2.05, 4.69) is 81.5 Å². The molecule has 0 radical (unpaired) electrons. The second-order valence-corrected chi connectivity index (χ2v) is 14.9. The summed E-state index contributed by atoms with van der Waals surface area (Å²) in [5.74, 6) is -0.926. The van der Waals surface area contributed by atoms with Gasteiger partial charge in [-0.15, -0.1) is 0 Å². The molecule has 0 aromatic rings. The molecule has 6 heteroatoms. The second-order valence-electron chi connectivity index (χ2n) is 14.9. The van der Waals surface area contributed by atoms with Gasteiger partial charge in [0.1, 0.15) is 13.2 Å². The lowest BCUT2D eigenvalue weighted by Gasteiger charge is -2.18. The van der Waals surface area contributed by atoms with Crippen molar-refractivity contribution >= 4 is 17.9 Å². The van der Waals surface area contributed by atoms with Crippen LogP contribution in [0.1, 0.15) is 213 Å². The molecule has 0 aromatic heterocycles. The largest absolute Gasteiger partial charge is 0.462 e. The van der Waals surface area contributed by atoms with Crippen LogP contribution in [0.3, 0.4) is 0 Å². The van der Waals surface area contributed by atoms with Crippen LogP contribution in [0.25, 0.3) is 0 Å². The van der Waals surface area contributed by atoms with E-state index in [1.165, 1.54) is 77.0 Å². The Morgan fingerprint density at radius 1 is 0.382 bits per heavy atom. The molecule has 0 aromatic carbocycles. The van der Waals surface area contributed by atoms with Gasteiger partial charge in [0, 0.05) is 19.3 Å². The molecular weight excluding hydrogens is 685 g/mol. The van der Waals surface area contributed by atoms with E-state index in [0.717, 1.165) is 96.3 Å². The van der Waals surface area contributed by atoms with Crippen molar-refractivity contribution in [3.8, 4) is 0 Å². The van der Waals surface area contributed by atoms with Gasteiger partial charge in [0.25, 0.3) is 0 Å². The van der Waals surface area contributed by atoms with Gasteiger partial charge in [0.2, 0.25) is 0 Å². The number of allylic oxidation sites excluding steroid dienone is 10. The summed E-state index contributed by atoms with van der Waals surface area (Å²) in [6.45, 7) is 6.43. The number of carbonyl (C=O) groups excluding carboxylic acids is 3. The summed E-state index contributed by atoms with van der Waals surface area (Å²) in [7, 11) is 0. The van der Waals surface area contributed by atoms with Crippen LogP contribution in [0.15, 0.2) is 60.8 Å². The predicted molar refractivity (Wildman–Crippen MR) is 233 cm³/mol. The van der Waals surface area contributed by atoms with E-state index < -0.39 is 6.10 Å². The van der Waals surface area contributed by atoms with Crippen LogP contribution in [0.5, 0.6) is 0 Å². The molecule has 0 heterocycles. The zero-order valence-electron chi connectivity index (χ0n) is 35.9. The minimum absolute atomic E-state index is 0.0835. The van der Waals surface area contributed by atoms with Gasteiger partial charge in [0.15, 0.2) is 6.10 Å². The molecule has 0 bridgehead atoms. The molecule has 0 aliphatic heterocycles. The lowest BCUT2D eigenvalue weighted by molar-refractivity contribution is -0.167. The number of hydrogen-bond acceptors (Lipinski definition) is 6. The van der Waals surface area contributed by atoms with Crippen molar-refractivity contribution in [3.05, 3.63) is 60.8 Å². The monoisotopic (exact) mass is 769 g/mol. The highest BCUT2D eigenvalue weighted by atomic mass is 16.6. The maximum Gasteiger partial charge on any atom is 0.306 e. The van der Waals surface area contributed by atoms with Crippen LogP contribution in [-0.4, -0.2) is 37.2 Å². The molecule has 1 atom stereocenters. The van der Waals surface area contributed by atoms with Crippen LogP contribution < -0.4 is 0 Å². The number of carbonyl (C=O) groups is 3. The Bertz CT molecular complexity index is 1020. The fraction of sp³-hybridized carbons (Fsp3) is 0.735. The molecule has 0 aliphatic rings. The van der Waals surface area contributed by atoms with Crippen LogP contribution >= 0.6 is 0 Å². The van der Waals surface area contributed by atoms with E-state index >= 15 is 0 Å². The number of unbranched alkanes of at least 4 members (excludes halogenated alkanes) is 19. The van der Waals surface area contributed by atoms with Crippen LogP contribution in [0, 0.1) is 0 Å². The summed E-state index contributed by atoms with van der Waals surface area (Å²) in [5.41, 5.74) is 0. The minimum Gasteiger partial charge on any atom is -0.462 e. The molecule has 0 rings (SSSR count). The Morgan fingerprint density at radius 3 is 1.11 bits per heavy atom. The molecule has 55 heavy (non-hydrogen) atoms. The molecule has 6 nitrogen and oxygen atoms in total. The summed E-state index contributed by atoms with van der Waals surface area (Å²) < 4.78 is 16.6. The first-order valence-corrected chi connectivity index (χ1v) is 22.8. The summed E-state index contributed by atoms with van der Waals surface area (Å²) >= 11 is 0. The van der Waals surface area contributed by atoms with Crippen molar-refractivity contribution in [1.82, 2.24) is 0 Å². The molecule has 0 saturated carbocycles. The highest BCUT2D eigenvalue weighted by Crippen LogP contribution is 2.14. The molecule has 316 valence electrons. The van der Waals surface area contributed by atoms with Crippen molar-refractivity contribution < 1.29 is 28.6 Å². The van der Waals surface area contributed by atoms with Crippen molar-refractivity contribution in [2.24, 2.45) is 0 Å². The summed E-state index contributed by atoms with van der Waals surface area (Å²) in [6, 6.07) is 0. The Labute approximate surface area is 339 Å². The quantitative estimate of drug-likeness (QED) is 0.0267. The van der Waals surface area contributed by atoms with Gasteiger partial charge < -0.3 is 14.2 Å². The van der Waals surface area contributed by atoms with Crippen LogP contribution in [0.2, 0.25) is 0 Å². The molecule has 1 unspecified atom stereocenters. The van der Waals surface area contributed by atoms with Crippen LogP contribution in [-0.2, 0) is 28.6 Å².